The molecule has 0 aliphatic heterocycles. The number of benzene rings is 1. The van der Waals surface area contributed by atoms with Crippen molar-refractivity contribution in [2.45, 2.75) is 76.7 Å². The zero-order valence-corrected chi connectivity index (χ0v) is 21.2. The summed E-state index contributed by atoms with van der Waals surface area (Å²) >= 11 is 0. The number of imidazole rings is 1. The van der Waals surface area contributed by atoms with E-state index in [2.05, 4.69) is 15.0 Å². The molecule has 37 heavy (non-hydrogen) atoms. The van der Waals surface area contributed by atoms with Crippen LogP contribution in [-0.4, -0.2) is 65.8 Å². The van der Waals surface area contributed by atoms with E-state index in [0.717, 1.165) is 0 Å². The van der Waals surface area contributed by atoms with Gasteiger partial charge in [-0.3, -0.25) is 4.57 Å². The van der Waals surface area contributed by atoms with Gasteiger partial charge >= 0.3 is 6.09 Å². The lowest BCUT2D eigenvalue weighted by molar-refractivity contribution is -0.0129. The number of aromatic nitrogens is 2. The van der Waals surface area contributed by atoms with Gasteiger partial charge in [-0.2, -0.15) is 4.98 Å². The van der Waals surface area contributed by atoms with Crippen molar-refractivity contribution < 1.29 is 45.7 Å². The molecule has 1 aromatic heterocycles. The number of ether oxygens (including phenoxy) is 4. The number of alkyl carbamates (subject to hydrolysis) is 1. The van der Waals surface area contributed by atoms with Gasteiger partial charge in [-0.05, 0) is 46.5 Å². The number of carbonyl (C=O) groups is 1. The van der Waals surface area contributed by atoms with Gasteiger partial charge in [0.05, 0.1) is 18.8 Å². The molecule has 208 valence electrons. The number of rotatable bonds is 10. The van der Waals surface area contributed by atoms with Gasteiger partial charge in [0.1, 0.15) is 36.0 Å². The highest BCUT2D eigenvalue weighted by atomic mass is 19.3. The third-order valence-electron chi connectivity index (χ3n) is 5.66. The molecule has 0 saturated heterocycles. The van der Waals surface area contributed by atoms with Crippen LogP contribution in [0.15, 0.2) is 6.07 Å². The molecular formula is C24H32F5N3O5. The van der Waals surface area contributed by atoms with E-state index in [9.17, 15) is 26.7 Å². The Hall–Kier alpha value is -2.83. The van der Waals surface area contributed by atoms with Crippen molar-refractivity contribution in [1.82, 2.24) is 14.9 Å². The van der Waals surface area contributed by atoms with Crippen molar-refractivity contribution in [3.63, 3.8) is 0 Å². The summed E-state index contributed by atoms with van der Waals surface area (Å²) in [6.45, 7) is 3.21. The minimum Gasteiger partial charge on any atom is -0.484 e. The van der Waals surface area contributed by atoms with Gasteiger partial charge in [0, 0.05) is 13.1 Å². The van der Waals surface area contributed by atoms with Gasteiger partial charge in [0.15, 0.2) is 17.4 Å². The van der Waals surface area contributed by atoms with Gasteiger partial charge in [-0.1, -0.05) is 0 Å². The molecule has 1 aliphatic rings. The first-order valence-electron chi connectivity index (χ1n) is 12.0. The first-order valence-corrected chi connectivity index (χ1v) is 12.0. The Morgan fingerprint density at radius 3 is 2.41 bits per heavy atom. The molecule has 8 nitrogen and oxygen atoms in total. The average Bonchev–Trinajstić information content (AvgIpc) is 3.14. The van der Waals surface area contributed by atoms with Crippen LogP contribution in [-0.2, 0) is 16.5 Å². The van der Waals surface area contributed by atoms with Crippen LogP contribution < -0.4 is 14.8 Å². The summed E-state index contributed by atoms with van der Waals surface area (Å²) in [6, 6.07) is -0.188. The number of alkyl halides is 3. The lowest BCUT2D eigenvalue weighted by atomic mass is 9.95. The van der Waals surface area contributed by atoms with E-state index in [-0.39, 0.29) is 35.9 Å². The summed E-state index contributed by atoms with van der Waals surface area (Å²) < 4.78 is 90.1. The molecule has 1 N–H and O–H groups in total. The molecule has 3 rings (SSSR count). The Morgan fingerprint density at radius 1 is 1.16 bits per heavy atom. The first-order chi connectivity index (χ1) is 17.4. The van der Waals surface area contributed by atoms with Crippen LogP contribution in [0.2, 0.25) is 0 Å². The summed E-state index contributed by atoms with van der Waals surface area (Å²) in [5.41, 5.74) is -1.26. The van der Waals surface area contributed by atoms with Gasteiger partial charge in [0.2, 0.25) is 0 Å². The van der Waals surface area contributed by atoms with Crippen LogP contribution in [0.5, 0.6) is 11.8 Å². The van der Waals surface area contributed by atoms with E-state index in [0.29, 0.717) is 31.7 Å². The van der Waals surface area contributed by atoms with Crippen LogP contribution in [0, 0.1) is 11.6 Å². The topological polar surface area (TPSA) is 83.8 Å². The van der Waals surface area contributed by atoms with Crippen LogP contribution in [0.3, 0.4) is 0 Å². The Labute approximate surface area is 211 Å². The van der Waals surface area contributed by atoms with E-state index in [1.807, 2.05) is 0 Å². The highest BCUT2D eigenvalue weighted by molar-refractivity contribution is 5.80. The molecule has 0 radical (unpaired) electrons. The maximum Gasteiger partial charge on any atom is 0.408 e. The molecule has 1 amide bonds. The summed E-state index contributed by atoms with van der Waals surface area (Å²) in [4.78, 5) is 15.9. The maximum atomic E-state index is 14.8. The fraction of sp³-hybridized carbons (Fsp3) is 0.667. The van der Waals surface area contributed by atoms with Gasteiger partial charge < -0.3 is 24.3 Å². The molecule has 13 heteroatoms. The number of carbonyl (C=O) groups excluding carboxylic acids is 1. The molecule has 0 spiro atoms. The van der Waals surface area contributed by atoms with E-state index in [4.69, 9.17) is 14.2 Å². The zero-order valence-electron chi connectivity index (χ0n) is 21.2. The van der Waals surface area contributed by atoms with E-state index >= 15 is 0 Å². The monoisotopic (exact) mass is 537 g/mol. The number of halogens is 5. The molecule has 1 atom stereocenters. The number of nitrogens with one attached hydrogen (secondary N) is 1. The Balaban J connectivity index is 1.54. The number of amides is 1. The third kappa shape index (κ3) is 7.83. The average molecular weight is 538 g/mol. The molecule has 0 unspecified atom stereocenters. The molecule has 1 aromatic carbocycles. The summed E-state index contributed by atoms with van der Waals surface area (Å²) in [7, 11) is 1.42. The molecule has 0 bridgehead atoms. The number of hydrogen-bond donors (Lipinski definition) is 1. The summed E-state index contributed by atoms with van der Waals surface area (Å²) in [5.74, 6) is -2.57. The van der Waals surface area contributed by atoms with Crippen LogP contribution in [0.25, 0.3) is 11.0 Å². The number of hydrogen-bond acceptors (Lipinski definition) is 6. The lowest BCUT2D eigenvalue weighted by Crippen LogP contribution is -2.43. The largest absolute Gasteiger partial charge is 0.484 e. The smallest absolute Gasteiger partial charge is 0.408 e. The minimum absolute atomic E-state index is 0.0226. The number of fused-ring (bicyclic) bond motifs is 1. The highest BCUT2D eigenvalue weighted by Crippen LogP contribution is 2.33. The maximum absolute atomic E-state index is 14.8. The quantitative estimate of drug-likeness (QED) is 0.427. The predicted octanol–water partition coefficient (Wildman–Crippen LogP) is 5.06. The third-order valence-corrected chi connectivity index (χ3v) is 5.66. The normalized spacial score (nSPS) is 19.2. The van der Waals surface area contributed by atoms with Crippen molar-refractivity contribution >= 4 is 17.1 Å². The highest BCUT2D eigenvalue weighted by Gasteiger charge is 2.28. The van der Waals surface area contributed by atoms with Crippen molar-refractivity contribution in [2.75, 3.05) is 19.9 Å². The van der Waals surface area contributed by atoms with Crippen molar-refractivity contribution in [2.24, 2.45) is 7.05 Å². The molecule has 1 fully saturated rings. The second kappa shape index (κ2) is 12.1. The Kier molecular flexibility index (Phi) is 9.43. The standard InChI is InChI=1S/C24H32F5N3O5/c1-24(2,3)37-23(33)30-13(10-25)11-34-14-5-7-15(8-6-14)36-22-31-20-16(26)9-17(35-12-18(27)28)19(29)21(20)32(22)4/h9,13-15,18H,5-8,10-12H2,1-4H3,(H,30,33)/t13-,14-,15-/m0/s1. The van der Waals surface area contributed by atoms with E-state index < -0.39 is 54.8 Å². The Bertz CT molecular complexity index is 1070. The predicted molar refractivity (Wildman–Crippen MR) is 124 cm³/mol. The molecule has 2 aromatic rings. The van der Waals surface area contributed by atoms with Crippen LogP contribution in [0.4, 0.5) is 26.7 Å². The first kappa shape index (κ1) is 28.7. The number of aryl methyl sites for hydroxylation is 1. The second-order valence-electron chi connectivity index (χ2n) is 9.87. The molecule has 1 saturated carbocycles. The molecule has 1 heterocycles. The van der Waals surface area contributed by atoms with Gasteiger partial charge in [0.25, 0.3) is 12.4 Å². The van der Waals surface area contributed by atoms with Crippen molar-refractivity contribution in [3.05, 3.63) is 17.7 Å². The van der Waals surface area contributed by atoms with Crippen molar-refractivity contribution in [1.29, 1.82) is 0 Å². The van der Waals surface area contributed by atoms with E-state index in [1.165, 1.54) is 11.6 Å². The van der Waals surface area contributed by atoms with Crippen LogP contribution in [0.1, 0.15) is 46.5 Å². The minimum atomic E-state index is -2.84. The van der Waals surface area contributed by atoms with Crippen molar-refractivity contribution in [3.8, 4) is 11.8 Å². The summed E-state index contributed by atoms with van der Waals surface area (Å²) in [6.07, 6.45) is -1.82. The second-order valence-corrected chi connectivity index (χ2v) is 9.87. The molecule has 1 aliphatic carbocycles. The fourth-order valence-corrected chi connectivity index (χ4v) is 3.94. The van der Waals surface area contributed by atoms with E-state index in [1.54, 1.807) is 20.8 Å². The SMILES string of the molecule is Cn1c(O[C@H]2CC[C@H](OC[C@H](CF)NC(=O)OC(C)(C)C)CC2)nc2c(F)cc(OCC(F)F)c(F)c21. The van der Waals surface area contributed by atoms with Gasteiger partial charge in [-0.15, -0.1) is 0 Å². The zero-order chi connectivity index (χ0) is 27.3. The van der Waals surface area contributed by atoms with Crippen LogP contribution >= 0.6 is 0 Å². The molecular weight excluding hydrogens is 505 g/mol. The van der Waals surface area contributed by atoms with Gasteiger partial charge in [-0.25, -0.2) is 26.7 Å². The Morgan fingerprint density at radius 2 is 1.81 bits per heavy atom. The number of nitrogens with zero attached hydrogens (tertiary/aromatic N) is 2. The summed E-state index contributed by atoms with van der Waals surface area (Å²) in [5, 5.41) is 2.45. The fourth-order valence-electron chi connectivity index (χ4n) is 3.94. The lowest BCUT2D eigenvalue weighted by Gasteiger charge is -2.29.